The van der Waals surface area contributed by atoms with Crippen molar-refractivity contribution in [1.29, 1.82) is 0 Å². The van der Waals surface area contributed by atoms with Gasteiger partial charge in [0.05, 0.1) is 38.6 Å². The van der Waals surface area contributed by atoms with E-state index in [1.54, 1.807) is 0 Å². The van der Waals surface area contributed by atoms with Crippen LogP contribution in [0.1, 0.15) is 0 Å². The maximum atomic E-state index is 5.21. The Bertz CT molecular complexity index is 3110. The maximum Gasteiger partial charge on any atom is 0.146 e. The summed E-state index contributed by atoms with van der Waals surface area (Å²) in [4.78, 5) is 10.4. The molecule has 0 aliphatic heterocycles. The highest BCUT2D eigenvalue weighted by Gasteiger charge is 2.22. The molecule has 0 spiro atoms. The predicted octanol–water partition coefficient (Wildman–Crippen LogP) is 10.9. The molecule has 11 rings (SSSR count). The van der Waals surface area contributed by atoms with Gasteiger partial charge < -0.3 is 4.57 Å². The smallest absolute Gasteiger partial charge is 0.146 e. The summed E-state index contributed by atoms with van der Waals surface area (Å²) in [7, 11) is 0. The molecule has 5 nitrogen and oxygen atoms in total. The van der Waals surface area contributed by atoms with Gasteiger partial charge in [-0.25, -0.2) is 9.97 Å². The Labute approximate surface area is 280 Å². The topological polar surface area (TPSA) is 40.0 Å². The highest BCUT2D eigenvalue weighted by atomic mass is 15.1. The van der Waals surface area contributed by atoms with E-state index >= 15 is 0 Å². The summed E-state index contributed by atoms with van der Waals surface area (Å²) >= 11 is 0. The minimum absolute atomic E-state index is 0.911. The number of fused-ring (bicyclic) bond motifs is 13. The number of pyridine rings is 1. The Morgan fingerprint density at radius 1 is 0.367 bits per heavy atom. The third kappa shape index (κ3) is 3.64. The Morgan fingerprint density at radius 2 is 0.980 bits per heavy atom. The quantitative estimate of drug-likeness (QED) is 0.183. The monoisotopic (exact) mass is 625 g/mol. The summed E-state index contributed by atoms with van der Waals surface area (Å²) in [6.07, 6.45) is 0. The van der Waals surface area contributed by atoms with Gasteiger partial charge in [-0.15, -0.1) is 0 Å². The van der Waals surface area contributed by atoms with Crippen molar-refractivity contribution in [1.82, 2.24) is 23.5 Å². The van der Waals surface area contributed by atoms with Gasteiger partial charge in [0.15, 0.2) is 0 Å². The molecule has 0 bridgehead atoms. The van der Waals surface area contributed by atoms with Gasteiger partial charge in [-0.2, -0.15) is 0 Å². The van der Waals surface area contributed by atoms with Crippen LogP contribution in [0.15, 0.2) is 164 Å². The van der Waals surface area contributed by atoms with Crippen molar-refractivity contribution in [2.75, 3.05) is 0 Å². The lowest BCUT2D eigenvalue weighted by Gasteiger charge is -2.15. The summed E-state index contributed by atoms with van der Waals surface area (Å²) < 4.78 is 7.08. The Hall–Kier alpha value is -6.72. The third-order valence-corrected chi connectivity index (χ3v) is 9.99. The van der Waals surface area contributed by atoms with Crippen LogP contribution in [-0.2, 0) is 0 Å². The lowest BCUT2D eigenvalue weighted by Crippen LogP contribution is -2.00. The molecule has 0 saturated heterocycles. The van der Waals surface area contributed by atoms with E-state index in [0.717, 1.165) is 72.4 Å². The molecule has 0 unspecified atom stereocenters. The first-order valence-corrected chi connectivity index (χ1v) is 16.6. The number of para-hydroxylation sites is 6. The summed E-state index contributed by atoms with van der Waals surface area (Å²) in [5, 5.41) is 5.97. The van der Waals surface area contributed by atoms with E-state index in [4.69, 9.17) is 9.97 Å². The maximum absolute atomic E-state index is 5.21. The molecule has 7 aromatic carbocycles. The number of nitrogens with zero attached hydrogens (tertiary/aromatic N) is 5. The zero-order valence-corrected chi connectivity index (χ0v) is 26.3. The van der Waals surface area contributed by atoms with Gasteiger partial charge >= 0.3 is 0 Å². The van der Waals surface area contributed by atoms with Crippen LogP contribution in [0.5, 0.6) is 0 Å². The largest absolute Gasteiger partial charge is 0.307 e. The second-order valence-electron chi connectivity index (χ2n) is 12.7. The standard InChI is InChI=1S/C44H27N5/c1-2-14-29(15-3-1)48-39-23-10-7-20-36(39)45-43(48)28-13-12-16-30(27-28)47-38-22-9-6-18-32(38)34-26-25-33-31-17-4-5-19-35(31)44-46-37-21-8-11-24-40(37)49(44)42(33)41(34)47/h1-27H. The molecular formula is C44H27N5. The molecule has 0 amide bonds. The molecule has 5 heteroatoms. The molecule has 0 saturated carbocycles. The van der Waals surface area contributed by atoms with Crippen molar-refractivity contribution in [3.63, 3.8) is 0 Å². The molecule has 4 aromatic heterocycles. The molecule has 4 heterocycles. The highest BCUT2D eigenvalue weighted by Crippen LogP contribution is 2.41. The van der Waals surface area contributed by atoms with Crippen molar-refractivity contribution >= 4 is 71.2 Å². The molecular weight excluding hydrogens is 599 g/mol. The summed E-state index contributed by atoms with van der Waals surface area (Å²) in [6.45, 7) is 0. The van der Waals surface area contributed by atoms with Gasteiger partial charge in [-0.1, -0.05) is 109 Å². The van der Waals surface area contributed by atoms with Gasteiger partial charge in [0.25, 0.3) is 0 Å². The first-order chi connectivity index (χ1) is 24.3. The van der Waals surface area contributed by atoms with Gasteiger partial charge in [0.1, 0.15) is 11.5 Å². The molecule has 0 atom stereocenters. The number of benzene rings is 7. The average molecular weight is 626 g/mol. The van der Waals surface area contributed by atoms with Crippen LogP contribution in [0, 0.1) is 0 Å². The zero-order chi connectivity index (χ0) is 32.1. The molecule has 0 fully saturated rings. The minimum atomic E-state index is 0.911. The van der Waals surface area contributed by atoms with Gasteiger partial charge in [0.2, 0.25) is 0 Å². The number of rotatable bonds is 3. The fourth-order valence-electron chi connectivity index (χ4n) is 7.94. The van der Waals surface area contributed by atoms with E-state index in [-0.39, 0.29) is 0 Å². The Morgan fingerprint density at radius 3 is 1.80 bits per heavy atom. The zero-order valence-electron chi connectivity index (χ0n) is 26.3. The highest BCUT2D eigenvalue weighted by molar-refractivity contribution is 6.24. The second-order valence-corrected chi connectivity index (χ2v) is 12.7. The van der Waals surface area contributed by atoms with E-state index in [9.17, 15) is 0 Å². The second kappa shape index (κ2) is 9.89. The fourth-order valence-corrected chi connectivity index (χ4v) is 7.94. The van der Waals surface area contributed by atoms with E-state index < -0.39 is 0 Å². The molecule has 0 N–H and O–H groups in total. The van der Waals surface area contributed by atoms with Crippen LogP contribution in [0.4, 0.5) is 0 Å². The van der Waals surface area contributed by atoms with Crippen LogP contribution in [0.3, 0.4) is 0 Å². The predicted molar refractivity (Wildman–Crippen MR) is 202 cm³/mol. The average Bonchev–Trinajstić information content (AvgIpc) is 3.86. The molecule has 0 aliphatic carbocycles. The van der Waals surface area contributed by atoms with Crippen molar-refractivity contribution < 1.29 is 0 Å². The number of hydrogen-bond acceptors (Lipinski definition) is 2. The lowest BCUT2D eigenvalue weighted by atomic mass is 10.0. The molecule has 49 heavy (non-hydrogen) atoms. The lowest BCUT2D eigenvalue weighted by molar-refractivity contribution is 1.10. The van der Waals surface area contributed by atoms with E-state index in [0.29, 0.717) is 0 Å². The van der Waals surface area contributed by atoms with E-state index in [1.165, 1.54) is 21.5 Å². The van der Waals surface area contributed by atoms with Gasteiger partial charge in [0, 0.05) is 38.5 Å². The molecule has 0 radical (unpaired) electrons. The Kier molecular flexibility index (Phi) is 5.32. The van der Waals surface area contributed by atoms with Crippen molar-refractivity contribution in [3.8, 4) is 22.8 Å². The van der Waals surface area contributed by atoms with Crippen LogP contribution in [-0.4, -0.2) is 23.5 Å². The van der Waals surface area contributed by atoms with Crippen molar-refractivity contribution in [2.45, 2.75) is 0 Å². The Balaban J connectivity index is 1.29. The van der Waals surface area contributed by atoms with Crippen LogP contribution in [0.2, 0.25) is 0 Å². The van der Waals surface area contributed by atoms with Crippen molar-refractivity contribution in [2.24, 2.45) is 0 Å². The first-order valence-electron chi connectivity index (χ1n) is 16.6. The van der Waals surface area contributed by atoms with Crippen LogP contribution >= 0.6 is 0 Å². The van der Waals surface area contributed by atoms with Crippen molar-refractivity contribution in [3.05, 3.63) is 164 Å². The van der Waals surface area contributed by atoms with E-state index in [2.05, 4.69) is 177 Å². The number of hydrogen-bond donors (Lipinski definition) is 0. The van der Waals surface area contributed by atoms with Crippen LogP contribution < -0.4 is 0 Å². The minimum Gasteiger partial charge on any atom is -0.307 e. The summed E-state index contributed by atoms with van der Waals surface area (Å²) in [5.41, 5.74) is 11.8. The normalized spacial score (nSPS) is 12.1. The first kappa shape index (κ1) is 26.4. The number of imidazole rings is 2. The fraction of sp³-hybridized carbons (Fsp3) is 0. The van der Waals surface area contributed by atoms with Gasteiger partial charge in [-0.3, -0.25) is 8.97 Å². The molecule has 0 aliphatic rings. The molecule has 11 aromatic rings. The molecule has 228 valence electrons. The van der Waals surface area contributed by atoms with Gasteiger partial charge in [-0.05, 0) is 60.0 Å². The van der Waals surface area contributed by atoms with E-state index in [1.807, 2.05) is 0 Å². The summed E-state index contributed by atoms with van der Waals surface area (Å²) in [5.74, 6) is 0.911. The van der Waals surface area contributed by atoms with Crippen LogP contribution in [0.25, 0.3) is 94.0 Å². The number of aromatic nitrogens is 5. The third-order valence-electron chi connectivity index (χ3n) is 9.99. The summed E-state index contributed by atoms with van der Waals surface area (Å²) in [6, 6.07) is 58.2. The SMILES string of the molecule is c1ccc(-n2c(-c3cccc(-n4c5ccccc5c5ccc6c7ccccc7c7nc8ccccc8n7c6c54)c3)nc3ccccc32)cc1.